The molecule has 17 heavy (non-hydrogen) atoms. The molecular weight excluding hydrogens is 232 g/mol. The number of ether oxygens (including phenoxy) is 1. The fourth-order valence-corrected chi connectivity index (χ4v) is 2.16. The van der Waals surface area contributed by atoms with Crippen molar-refractivity contribution in [3.63, 3.8) is 0 Å². The monoisotopic (exact) mass is 248 g/mol. The van der Waals surface area contributed by atoms with Gasteiger partial charge in [0, 0.05) is 0 Å². The summed E-state index contributed by atoms with van der Waals surface area (Å²) in [6.07, 6.45) is 0. The van der Waals surface area contributed by atoms with Crippen molar-refractivity contribution in [2.24, 2.45) is 0 Å². The normalized spacial score (nSPS) is 9.12. The van der Waals surface area contributed by atoms with Gasteiger partial charge in [0.2, 0.25) is 0 Å². The Balaban J connectivity index is 0.000000686. The van der Waals surface area contributed by atoms with Gasteiger partial charge in [0.15, 0.2) is 0 Å². The first-order valence-corrected chi connectivity index (χ1v) is 6.41. The Morgan fingerprint density at radius 2 is 1.76 bits per heavy atom. The molecule has 0 atom stereocenters. The smallest absolute Gasteiger partial charge is 0.348 e. The van der Waals surface area contributed by atoms with E-state index >= 15 is 0 Å². The van der Waals surface area contributed by atoms with Gasteiger partial charge < -0.3 is 4.74 Å². The van der Waals surface area contributed by atoms with E-state index in [1.165, 1.54) is 18.4 Å². The average molecular weight is 248 g/mol. The van der Waals surface area contributed by atoms with Crippen molar-refractivity contribution in [2.75, 3.05) is 7.11 Å². The van der Waals surface area contributed by atoms with Crippen LogP contribution in [0.3, 0.4) is 0 Å². The maximum Gasteiger partial charge on any atom is 0.348 e. The van der Waals surface area contributed by atoms with E-state index in [-0.39, 0.29) is 5.97 Å². The number of hydrogen-bond acceptors (Lipinski definition) is 3. The predicted octanol–water partition coefficient (Wildman–Crippen LogP) is 4.23. The minimum absolute atomic E-state index is 0.276. The van der Waals surface area contributed by atoms with Crippen molar-refractivity contribution >= 4 is 17.3 Å². The molecule has 2 aromatic rings. The van der Waals surface area contributed by atoms with E-state index in [4.69, 9.17) is 0 Å². The highest BCUT2D eigenvalue weighted by Crippen LogP contribution is 2.25. The molecule has 0 radical (unpaired) electrons. The van der Waals surface area contributed by atoms with E-state index in [0.29, 0.717) is 4.88 Å². The molecule has 1 aromatic heterocycles. The number of thiophene rings is 1. The summed E-state index contributed by atoms with van der Waals surface area (Å²) in [7, 11) is 1.39. The summed E-state index contributed by atoms with van der Waals surface area (Å²) in [5.74, 6) is -0.276. The van der Waals surface area contributed by atoms with Crippen molar-refractivity contribution in [3.8, 4) is 11.1 Å². The van der Waals surface area contributed by atoms with Crippen LogP contribution in [-0.2, 0) is 4.74 Å². The third kappa shape index (κ3) is 3.43. The molecule has 0 spiro atoms. The molecule has 2 rings (SSSR count). The lowest BCUT2D eigenvalue weighted by Gasteiger charge is -1.95. The molecule has 0 fully saturated rings. The van der Waals surface area contributed by atoms with Crippen LogP contribution in [0.1, 0.15) is 23.5 Å². The lowest BCUT2D eigenvalue weighted by molar-refractivity contribution is 0.0606. The van der Waals surface area contributed by atoms with E-state index in [0.717, 1.165) is 11.1 Å². The fourth-order valence-electron chi connectivity index (χ4n) is 1.33. The highest BCUT2D eigenvalue weighted by atomic mass is 32.1. The molecule has 0 amide bonds. The molecule has 0 saturated heterocycles. The maximum absolute atomic E-state index is 11.2. The van der Waals surface area contributed by atoms with Gasteiger partial charge in [-0.1, -0.05) is 44.2 Å². The second kappa shape index (κ2) is 6.86. The summed E-state index contributed by atoms with van der Waals surface area (Å²) in [5.41, 5.74) is 2.17. The van der Waals surface area contributed by atoms with Gasteiger partial charge in [-0.05, 0) is 22.6 Å². The first-order chi connectivity index (χ1) is 8.31. The van der Waals surface area contributed by atoms with Crippen molar-refractivity contribution < 1.29 is 9.53 Å². The highest BCUT2D eigenvalue weighted by molar-refractivity contribution is 7.12. The second-order valence-electron chi connectivity index (χ2n) is 3.06. The Bertz CT molecular complexity index is 460. The fraction of sp³-hybridized carbons (Fsp3) is 0.214. The number of rotatable bonds is 2. The van der Waals surface area contributed by atoms with E-state index in [2.05, 4.69) is 4.74 Å². The van der Waals surface area contributed by atoms with Crippen LogP contribution in [0.4, 0.5) is 0 Å². The van der Waals surface area contributed by atoms with Gasteiger partial charge in [0.1, 0.15) is 4.88 Å². The van der Waals surface area contributed by atoms with Crippen LogP contribution >= 0.6 is 11.3 Å². The van der Waals surface area contributed by atoms with Gasteiger partial charge >= 0.3 is 5.97 Å². The number of carbonyl (C=O) groups is 1. The van der Waals surface area contributed by atoms with Crippen molar-refractivity contribution in [2.45, 2.75) is 13.8 Å². The molecule has 3 heteroatoms. The minimum atomic E-state index is -0.276. The van der Waals surface area contributed by atoms with Crippen LogP contribution < -0.4 is 0 Å². The Labute approximate surface area is 106 Å². The van der Waals surface area contributed by atoms with Crippen LogP contribution in [0.2, 0.25) is 0 Å². The Morgan fingerprint density at radius 1 is 1.12 bits per heavy atom. The summed E-state index contributed by atoms with van der Waals surface area (Å²) in [5, 5.41) is 1.96. The Morgan fingerprint density at radius 3 is 2.35 bits per heavy atom. The van der Waals surface area contributed by atoms with Gasteiger partial charge in [-0.25, -0.2) is 4.79 Å². The van der Waals surface area contributed by atoms with Gasteiger partial charge in [-0.15, -0.1) is 11.3 Å². The van der Waals surface area contributed by atoms with E-state index < -0.39 is 0 Å². The molecule has 2 nitrogen and oxygen atoms in total. The van der Waals surface area contributed by atoms with Crippen LogP contribution in [0.15, 0.2) is 41.8 Å². The summed E-state index contributed by atoms with van der Waals surface area (Å²) in [6.45, 7) is 4.00. The molecule has 0 aliphatic rings. The second-order valence-corrected chi connectivity index (χ2v) is 3.97. The topological polar surface area (TPSA) is 26.3 Å². The van der Waals surface area contributed by atoms with E-state index in [1.54, 1.807) is 0 Å². The molecule has 1 aromatic carbocycles. The zero-order valence-electron chi connectivity index (χ0n) is 10.3. The minimum Gasteiger partial charge on any atom is -0.465 e. The lowest BCUT2D eigenvalue weighted by Crippen LogP contribution is -1.96. The zero-order chi connectivity index (χ0) is 12.7. The standard InChI is InChI=1S/C12H10O2S.C2H6/c1-14-12(13)11-7-10(8-15-11)9-5-3-2-4-6-9;1-2/h2-8H,1H3;1-2H3. The average Bonchev–Trinajstić information content (AvgIpc) is 2.91. The summed E-state index contributed by atoms with van der Waals surface area (Å²) in [4.78, 5) is 11.9. The predicted molar refractivity (Wildman–Crippen MR) is 72.4 cm³/mol. The van der Waals surface area contributed by atoms with Crippen LogP contribution in [0.5, 0.6) is 0 Å². The third-order valence-electron chi connectivity index (χ3n) is 2.09. The first kappa shape index (κ1) is 13.5. The van der Waals surface area contributed by atoms with Crippen LogP contribution in [0.25, 0.3) is 11.1 Å². The van der Waals surface area contributed by atoms with Crippen LogP contribution in [0, 0.1) is 0 Å². The zero-order valence-corrected chi connectivity index (χ0v) is 11.1. The van der Waals surface area contributed by atoms with Crippen molar-refractivity contribution in [1.29, 1.82) is 0 Å². The summed E-state index contributed by atoms with van der Waals surface area (Å²) in [6, 6.07) is 11.8. The highest BCUT2D eigenvalue weighted by Gasteiger charge is 2.09. The first-order valence-electron chi connectivity index (χ1n) is 5.53. The number of carbonyl (C=O) groups excluding carboxylic acids is 1. The molecule has 0 unspecified atom stereocenters. The SMILES string of the molecule is CC.COC(=O)c1cc(-c2ccccc2)cs1. The Hall–Kier alpha value is -1.61. The van der Waals surface area contributed by atoms with Gasteiger partial charge in [-0.3, -0.25) is 0 Å². The lowest BCUT2D eigenvalue weighted by atomic mass is 10.1. The molecule has 0 saturated carbocycles. The van der Waals surface area contributed by atoms with Gasteiger partial charge in [-0.2, -0.15) is 0 Å². The van der Waals surface area contributed by atoms with E-state index in [9.17, 15) is 4.79 Å². The van der Waals surface area contributed by atoms with Crippen LogP contribution in [-0.4, -0.2) is 13.1 Å². The molecular formula is C14H16O2S. The van der Waals surface area contributed by atoms with Gasteiger partial charge in [0.05, 0.1) is 7.11 Å². The van der Waals surface area contributed by atoms with E-state index in [1.807, 2.05) is 55.6 Å². The van der Waals surface area contributed by atoms with Crippen molar-refractivity contribution in [3.05, 3.63) is 46.7 Å². The van der Waals surface area contributed by atoms with Crippen molar-refractivity contribution in [1.82, 2.24) is 0 Å². The Kier molecular flexibility index (Phi) is 5.43. The molecule has 0 aliphatic carbocycles. The molecule has 0 aliphatic heterocycles. The number of methoxy groups -OCH3 is 1. The van der Waals surface area contributed by atoms with Gasteiger partial charge in [0.25, 0.3) is 0 Å². The summed E-state index contributed by atoms with van der Waals surface area (Å²) < 4.78 is 4.66. The molecule has 90 valence electrons. The maximum atomic E-state index is 11.2. The third-order valence-corrected chi connectivity index (χ3v) is 3.00. The summed E-state index contributed by atoms with van der Waals surface area (Å²) >= 11 is 1.40. The quantitative estimate of drug-likeness (QED) is 0.743. The molecule has 1 heterocycles. The number of benzene rings is 1. The largest absolute Gasteiger partial charge is 0.465 e. The number of hydrogen-bond donors (Lipinski definition) is 0. The molecule has 0 bridgehead atoms. The molecule has 0 N–H and O–H groups in total. The number of esters is 1.